The maximum Gasteiger partial charge on any atom is 0.315 e. The van der Waals surface area contributed by atoms with Gasteiger partial charge in [0, 0.05) is 36.8 Å². The number of nitrogens with zero attached hydrogens (tertiary/aromatic N) is 1. The van der Waals surface area contributed by atoms with Crippen LogP contribution in [0.4, 0.5) is 10.5 Å². The molecule has 0 fully saturated rings. The maximum atomic E-state index is 11.7. The van der Waals surface area contributed by atoms with Gasteiger partial charge in [-0.25, -0.2) is 4.79 Å². The van der Waals surface area contributed by atoms with Crippen molar-refractivity contribution < 1.29 is 9.59 Å². The first-order valence-corrected chi connectivity index (χ1v) is 6.86. The SMILES string of the molecule is CC(=O)N(CCNC(=O)NC(C)C)c1cccc(Cl)c1. The Labute approximate surface area is 124 Å². The third-order valence-electron chi connectivity index (χ3n) is 2.54. The summed E-state index contributed by atoms with van der Waals surface area (Å²) in [7, 11) is 0. The van der Waals surface area contributed by atoms with E-state index in [1.807, 2.05) is 19.9 Å². The largest absolute Gasteiger partial charge is 0.336 e. The predicted octanol–water partition coefficient (Wildman–Crippen LogP) is 2.40. The number of carbonyl (C=O) groups excluding carboxylic acids is 2. The van der Waals surface area contributed by atoms with E-state index in [0.717, 1.165) is 5.69 Å². The molecule has 0 saturated heterocycles. The van der Waals surface area contributed by atoms with E-state index in [0.29, 0.717) is 18.1 Å². The topological polar surface area (TPSA) is 61.4 Å². The molecule has 0 aliphatic carbocycles. The summed E-state index contributed by atoms with van der Waals surface area (Å²) in [6.45, 7) is 6.00. The van der Waals surface area contributed by atoms with Crippen molar-refractivity contribution in [2.45, 2.75) is 26.8 Å². The highest BCUT2D eigenvalue weighted by atomic mass is 35.5. The van der Waals surface area contributed by atoms with E-state index < -0.39 is 0 Å². The van der Waals surface area contributed by atoms with Crippen molar-refractivity contribution >= 4 is 29.2 Å². The zero-order chi connectivity index (χ0) is 15.1. The minimum Gasteiger partial charge on any atom is -0.336 e. The van der Waals surface area contributed by atoms with Gasteiger partial charge in [0.15, 0.2) is 0 Å². The summed E-state index contributed by atoms with van der Waals surface area (Å²) in [5.74, 6) is -0.0988. The van der Waals surface area contributed by atoms with E-state index in [-0.39, 0.29) is 18.0 Å². The second kappa shape index (κ2) is 7.75. The van der Waals surface area contributed by atoms with E-state index >= 15 is 0 Å². The third-order valence-corrected chi connectivity index (χ3v) is 2.78. The van der Waals surface area contributed by atoms with Crippen LogP contribution >= 0.6 is 11.6 Å². The number of amides is 3. The molecule has 0 atom stereocenters. The number of hydrogen-bond acceptors (Lipinski definition) is 2. The molecule has 1 aromatic rings. The Hall–Kier alpha value is -1.75. The van der Waals surface area contributed by atoms with E-state index in [1.54, 1.807) is 23.1 Å². The quantitative estimate of drug-likeness (QED) is 0.876. The molecule has 0 spiro atoms. The first kappa shape index (κ1) is 16.3. The lowest BCUT2D eigenvalue weighted by atomic mass is 10.3. The number of nitrogens with one attached hydrogen (secondary N) is 2. The number of carbonyl (C=O) groups is 2. The summed E-state index contributed by atoms with van der Waals surface area (Å²) in [6.07, 6.45) is 0. The first-order valence-electron chi connectivity index (χ1n) is 6.48. The van der Waals surface area contributed by atoms with Gasteiger partial charge in [-0.2, -0.15) is 0 Å². The van der Waals surface area contributed by atoms with Crippen LogP contribution in [0, 0.1) is 0 Å². The highest BCUT2D eigenvalue weighted by Gasteiger charge is 2.12. The average Bonchev–Trinajstić information content (AvgIpc) is 2.33. The van der Waals surface area contributed by atoms with Crippen molar-refractivity contribution in [2.75, 3.05) is 18.0 Å². The number of rotatable bonds is 5. The summed E-state index contributed by atoms with van der Waals surface area (Å²) < 4.78 is 0. The molecule has 0 unspecified atom stereocenters. The van der Waals surface area contributed by atoms with Gasteiger partial charge >= 0.3 is 6.03 Å². The fourth-order valence-electron chi connectivity index (χ4n) is 1.71. The van der Waals surface area contributed by atoms with Crippen molar-refractivity contribution in [3.63, 3.8) is 0 Å². The minimum atomic E-state index is -0.241. The van der Waals surface area contributed by atoms with Crippen LogP contribution in [0.3, 0.4) is 0 Å². The summed E-state index contributed by atoms with van der Waals surface area (Å²) in [5.41, 5.74) is 0.719. The van der Waals surface area contributed by atoms with Gasteiger partial charge in [0.25, 0.3) is 0 Å². The Morgan fingerprint density at radius 2 is 2.05 bits per heavy atom. The Kier molecular flexibility index (Phi) is 6.31. The molecule has 0 aliphatic rings. The molecule has 110 valence electrons. The highest BCUT2D eigenvalue weighted by Crippen LogP contribution is 2.19. The zero-order valence-electron chi connectivity index (χ0n) is 11.9. The molecule has 1 aromatic carbocycles. The highest BCUT2D eigenvalue weighted by molar-refractivity contribution is 6.30. The number of benzene rings is 1. The summed E-state index contributed by atoms with van der Waals surface area (Å²) in [4.78, 5) is 24.7. The number of halogens is 1. The van der Waals surface area contributed by atoms with E-state index in [4.69, 9.17) is 11.6 Å². The van der Waals surface area contributed by atoms with Gasteiger partial charge in [-0.3, -0.25) is 4.79 Å². The molecule has 0 heterocycles. The van der Waals surface area contributed by atoms with E-state index in [2.05, 4.69) is 10.6 Å². The van der Waals surface area contributed by atoms with Gasteiger partial charge in [-0.15, -0.1) is 0 Å². The van der Waals surface area contributed by atoms with Crippen LogP contribution in [-0.2, 0) is 4.79 Å². The Morgan fingerprint density at radius 3 is 2.60 bits per heavy atom. The van der Waals surface area contributed by atoms with Gasteiger partial charge in [-0.05, 0) is 32.0 Å². The van der Waals surface area contributed by atoms with Crippen molar-refractivity contribution in [2.24, 2.45) is 0 Å². The molecule has 6 heteroatoms. The predicted molar refractivity (Wildman–Crippen MR) is 81.1 cm³/mol. The van der Waals surface area contributed by atoms with Gasteiger partial charge in [0.1, 0.15) is 0 Å². The molecular weight excluding hydrogens is 278 g/mol. The Bertz CT molecular complexity index is 477. The Balaban J connectivity index is 2.57. The second-order valence-corrected chi connectivity index (χ2v) is 5.14. The molecule has 0 saturated carbocycles. The monoisotopic (exact) mass is 297 g/mol. The molecule has 0 radical (unpaired) electrons. The van der Waals surface area contributed by atoms with Crippen LogP contribution in [0.25, 0.3) is 0 Å². The van der Waals surface area contributed by atoms with Crippen LogP contribution < -0.4 is 15.5 Å². The summed E-state index contributed by atoms with van der Waals surface area (Å²) in [6, 6.07) is 6.89. The van der Waals surface area contributed by atoms with E-state index in [1.165, 1.54) is 6.92 Å². The molecule has 3 amide bonds. The zero-order valence-corrected chi connectivity index (χ0v) is 12.7. The maximum absolute atomic E-state index is 11.7. The number of hydrogen-bond donors (Lipinski definition) is 2. The summed E-state index contributed by atoms with van der Waals surface area (Å²) >= 11 is 5.92. The van der Waals surface area contributed by atoms with Crippen LogP contribution in [0.5, 0.6) is 0 Å². The lowest BCUT2D eigenvalue weighted by molar-refractivity contribution is -0.116. The fraction of sp³-hybridized carbons (Fsp3) is 0.429. The van der Waals surface area contributed by atoms with Crippen LogP contribution in [0.1, 0.15) is 20.8 Å². The van der Waals surface area contributed by atoms with Crippen LogP contribution in [0.15, 0.2) is 24.3 Å². The van der Waals surface area contributed by atoms with Gasteiger partial charge < -0.3 is 15.5 Å². The Morgan fingerprint density at radius 1 is 1.35 bits per heavy atom. The molecule has 1 rings (SSSR count). The fourth-order valence-corrected chi connectivity index (χ4v) is 1.89. The first-order chi connectivity index (χ1) is 9.40. The number of urea groups is 1. The van der Waals surface area contributed by atoms with Gasteiger partial charge in [-0.1, -0.05) is 17.7 Å². The molecule has 0 bridgehead atoms. The van der Waals surface area contributed by atoms with Crippen molar-refractivity contribution in [1.82, 2.24) is 10.6 Å². The van der Waals surface area contributed by atoms with Crippen molar-refractivity contribution in [3.8, 4) is 0 Å². The van der Waals surface area contributed by atoms with Crippen LogP contribution in [-0.4, -0.2) is 31.1 Å². The molecule has 0 aromatic heterocycles. The van der Waals surface area contributed by atoms with Gasteiger partial charge in [0.05, 0.1) is 0 Å². The molecular formula is C14H20ClN3O2. The molecule has 0 aliphatic heterocycles. The van der Waals surface area contributed by atoms with Crippen LogP contribution in [0.2, 0.25) is 5.02 Å². The summed E-state index contributed by atoms with van der Waals surface area (Å²) in [5, 5.41) is 6.00. The lowest BCUT2D eigenvalue weighted by Gasteiger charge is -2.21. The standard InChI is InChI=1S/C14H20ClN3O2/c1-10(2)17-14(20)16-7-8-18(11(3)19)13-6-4-5-12(15)9-13/h4-6,9-10H,7-8H2,1-3H3,(H2,16,17,20). The van der Waals surface area contributed by atoms with Crippen molar-refractivity contribution in [3.05, 3.63) is 29.3 Å². The lowest BCUT2D eigenvalue weighted by Crippen LogP contribution is -2.43. The van der Waals surface area contributed by atoms with E-state index in [9.17, 15) is 9.59 Å². The smallest absolute Gasteiger partial charge is 0.315 e. The molecule has 2 N–H and O–H groups in total. The minimum absolute atomic E-state index is 0.0758. The molecule has 5 nitrogen and oxygen atoms in total. The number of anilines is 1. The van der Waals surface area contributed by atoms with Gasteiger partial charge in [0.2, 0.25) is 5.91 Å². The second-order valence-electron chi connectivity index (χ2n) is 4.71. The average molecular weight is 298 g/mol. The van der Waals surface area contributed by atoms with Crippen molar-refractivity contribution in [1.29, 1.82) is 0 Å². The third kappa shape index (κ3) is 5.48. The normalized spacial score (nSPS) is 10.2. The molecule has 20 heavy (non-hydrogen) atoms.